The molecule has 0 bridgehead atoms. The Morgan fingerprint density at radius 1 is 0.700 bits per heavy atom. The van der Waals surface area contributed by atoms with Crippen LogP contribution in [0.1, 0.15) is 29.6 Å². The fraction of sp³-hybridized carbons (Fsp3) is 0.409. The summed E-state index contributed by atoms with van der Waals surface area (Å²) in [6, 6.07) is 9.63. The number of amides is 1. The first-order valence-corrected chi connectivity index (χ1v) is 10.6. The van der Waals surface area contributed by atoms with Crippen LogP contribution in [-0.2, 0) is 0 Å². The second kappa shape index (κ2) is 8.22. The third-order valence-corrected chi connectivity index (χ3v) is 5.92. The summed E-state index contributed by atoms with van der Waals surface area (Å²) >= 11 is 0. The van der Waals surface area contributed by atoms with Crippen LogP contribution in [0.3, 0.4) is 0 Å². The van der Waals surface area contributed by atoms with Gasteiger partial charge in [-0.3, -0.25) is 14.8 Å². The van der Waals surface area contributed by atoms with Crippen molar-refractivity contribution < 1.29 is 4.79 Å². The smallest absolute Gasteiger partial charge is 0.254 e. The zero-order chi connectivity index (χ0) is 20.3. The molecule has 0 aliphatic carbocycles. The van der Waals surface area contributed by atoms with E-state index in [9.17, 15) is 4.79 Å². The number of rotatable bonds is 3. The maximum Gasteiger partial charge on any atom is 0.254 e. The Labute approximate surface area is 175 Å². The SMILES string of the molecule is O=C(c1ccc2nccnc2c1)N1CCN(c2ccc(N3CCCCC3)nn2)CC1. The summed E-state index contributed by atoms with van der Waals surface area (Å²) < 4.78 is 0. The lowest BCUT2D eigenvalue weighted by Gasteiger charge is -2.35. The lowest BCUT2D eigenvalue weighted by molar-refractivity contribution is 0.0746. The van der Waals surface area contributed by atoms with E-state index in [-0.39, 0.29) is 5.91 Å². The molecule has 0 N–H and O–H groups in total. The molecular weight excluding hydrogens is 378 g/mol. The Hall–Kier alpha value is -3.29. The molecule has 8 nitrogen and oxygen atoms in total. The molecule has 2 saturated heterocycles. The Bertz CT molecular complexity index is 1030. The third kappa shape index (κ3) is 3.77. The van der Waals surface area contributed by atoms with Gasteiger partial charge in [0.15, 0.2) is 11.6 Å². The Morgan fingerprint density at radius 3 is 2.00 bits per heavy atom. The third-order valence-electron chi connectivity index (χ3n) is 5.92. The molecule has 0 saturated carbocycles. The first-order valence-electron chi connectivity index (χ1n) is 10.6. The number of aromatic nitrogens is 4. The van der Waals surface area contributed by atoms with E-state index in [1.54, 1.807) is 12.4 Å². The summed E-state index contributed by atoms with van der Waals surface area (Å²) in [4.78, 5) is 27.9. The monoisotopic (exact) mass is 403 g/mol. The molecule has 3 aromatic rings. The Morgan fingerprint density at radius 2 is 1.33 bits per heavy atom. The molecule has 2 aliphatic heterocycles. The second-order valence-corrected chi connectivity index (χ2v) is 7.84. The number of anilines is 2. The molecule has 1 amide bonds. The number of carbonyl (C=O) groups is 1. The minimum Gasteiger partial charge on any atom is -0.355 e. The molecule has 0 unspecified atom stereocenters. The Balaban J connectivity index is 1.21. The van der Waals surface area contributed by atoms with Crippen LogP contribution in [0.5, 0.6) is 0 Å². The van der Waals surface area contributed by atoms with Crippen LogP contribution in [0.15, 0.2) is 42.7 Å². The first kappa shape index (κ1) is 18.7. The normalized spacial score (nSPS) is 17.4. The molecule has 1 aromatic carbocycles. The van der Waals surface area contributed by atoms with Gasteiger partial charge in [-0.2, -0.15) is 0 Å². The van der Waals surface area contributed by atoms with Crippen LogP contribution in [0.2, 0.25) is 0 Å². The Kier molecular flexibility index (Phi) is 5.13. The van der Waals surface area contributed by atoms with E-state index < -0.39 is 0 Å². The second-order valence-electron chi connectivity index (χ2n) is 7.84. The average Bonchev–Trinajstić information content (AvgIpc) is 2.84. The zero-order valence-electron chi connectivity index (χ0n) is 16.9. The van der Waals surface area contributed by atoms with Crippen molar-refractivity contribution >= 4 is 28.6 Å². The quantitative estimate of drug-likeness (QED) is 0.664. The summed E-state index contributed by atoms with van der Waals surface area (Å²) in [5.41, 5.74) is 2.19. The van der Waals surface area contributed by atoms with Crippen LogP contribution >= 0.6 is 0 Å². The maximum atomic E-state index is 12.9. The minimum absolute atomic E-state index is 0.0359. The molecule has 2 fully saturated rings. The lowest BCUT2D eigenvalue weighted by Crippen LogP contribution is -2.49. The zero-order valence-corrected chi connectivity index (χ0v) is 16.9. The summed E-state index contributed by atoms with van der Waals surface area (Å²) in [6.07, 6.45) is 7.06. The van der Waals surface area contributed by atoms with Gasteiger partial charge in [-0.15, -0.1) is 10.2 Å². The summed E-state index contributed by atoms with van der Waals surface area (Å²) in [7, 11) is 0. The van der Waals surface area contributed by atoms with Crippen LogP contribution in [0.25, 0.3) is 11.0 Å². The molecule has 8 heteroatoms. The van der Waals surface area contributed by atoms with E-state index in [4.69, 9.17) is 0 Å². The topological polar surface area (TPSA) is 78.4 Å². The average molecular weight is 403 g/mol. The van der Waals surface area contributed by atoms with Crippen LogP contribution < -0.4 is 9.80 Å². The van der Waals surface area contributed by atoms with Gasteiger partial charge in [0.2, 0.25) is 0 Å². The van der Waals surface area contributed by atoms with Crippen molar-refractivity contribution in [3.63, 3.8) is 0 Å². The highest BCUT2D eigenvalue weighted by atomic mass is 16.2. The van der Waals surface area contributed by atoms with Gasteiger partial charge in [-0.1, -0.05) is 0 Å². The number of piperazine rings is 1. The molecule has 154 valence electrons. The van der Waals surface area contributed by atoms with Crippen molar-refractivity contribution in [1.82, 2.24) is 25.1 Å². The van der Waals surface area contributed by atoms with E-state index in [1.807, 2.05) is 23.1 Å². The highest BCUT2D eigenvalue weighted by Gasteiger charge is 2.23. The van der Waals surface area contributed by atoms with Crippen molar-refractivity contribution in [2.45, 2.75) is 19.3 Å². The molecule has 0 atom stereocenters. The molecule has 4 heterocycles. The molecule has 5 rings (SSSR count). The molecule has 30 heavy (non-hydrogen) atoms. The fourth-order valence-corrected chi connectivity index (χ4v) is 4.20. The number of hydrogen-bond acceptors (Lipinski definition) is 7. The molecule has 0 spiro atoms. The van der Waals surface area contributed by atoms with Crippen molar-refractivity contribution in [3.8, 4) is 0 Å². The number of benzene rings is 1. The van der Waals surface area contributed by atoms with Gasteiger partial charge < -0.3 is 14.7 Å². The highest BCUT2D eigenvalue weighted by Crippen LogP contribution is 2.20. The van der Waals surface area contributed by atoms with Crippen LogP contribution in [0, 0.1) is 0 Å². The highest BCUT2D eigenvalue weighted by molar-refractivity contribution is 5.97. The van der Waals surface area contributed by atoms with Crippen LogP contribution in [-0.4, -0.2) is 70.2 Å². The van der Waals surface area contributed by atoms with Crippen molar-refractivity contribution in [3.05, 3.63) is 48.3 Å². The van der Waals surface area contributed by atoms with Gasteiger partial charge in [-0.05, 0) is 49.6 Å². The number of fused-ring (bicyclic) bond motifs is 1. The van der Waals surface area contributed by atoms with E-state index in [0.717, 1.165) is 48.8 Å². The standard InChI is InChI=1S/C22H25N7O/c30-22(17-4-5-18-19(16-17)24-9-8-23-18)29-14-12-28(13-15-29)21-7-6-20(25-26-21)27-10-2-1-3-11-27/h4-9,16H,1-3,10-15H2. The first-order chi connectivity index (χ1) is 14.8. The number of carbonyl (C=O) groups excluding carboxylic acids is 1. The largest absolute Gasteiger partial charge is 0.355 e. The molecule has 0 radical (unpaired) electrons. The predicted octanol–water partition coefficient (Wildman–Crippen LogP) is 2.37. The minimum atomic E-state index is 0.0359. The van der Waals surface area contributed by atoms with E-state index in [0.29, 0.717) is 18.7 Å². The number of piperidine rings is 1. The number of nitrogens with zero attached hydrogens (tertiary/aromatic N) is 7. The van der Waals surface area contributed by atoms with E-state index in [2.05, 4.69) is 42.1 Å². The van der Waals surface area contributed by atoms with Crippen LogP contribution in [0.4, 0.5) is 11.6 Å². The predicted molar refractivity (Wildman–Crippen MR) is 116 cm³/mol. The van der Waals surface area contributed by atoms with E-state index in [1.165, 1.54) is 19.3 Å². The lowest BCUT2D eigenvalue weighted by atomic mass is 10.1. The van der Waals surface area contributed by atoms with Crippen molar-refractivity contribution in [1.29, 1.82) is 0 Å². The van der Waals surface area contributed by atoms with Gasteiger partial charge in [0, 0.05) is 57.2 Å². The summed E-state index contributed by atoms with van der Waals surface area (Å²) in [5, 5.41) is 8.90. The van der Waals surface area contributed by atoms with Gasteiger partial charge in [0.1, 0.15) is 0 Å². The van der Waals surface area contributed by atoms with Gasteiger partial charge in [0.05, 0.1) is 11.0 Å². The molecular formula is C22H25N7O. The van der Waals surface area contributed by atoms with E-state index >= 15 is 0 Å². The van der Waals surface area contributed by atoms with Crippen molar-refractivity contribution in [2.24, 2.45) is 0 Å². The summed E-state index contributed by atoms with van der Waals surface area (Å²) in [5.74, 6) is 1.88. The number of hydrogen-bond donors (Lipinski definition) is 0. The molecule has 2 aromatic heterocycles. The molecule has 2 aliphatic rings. The fourth-order valence-electron chi connectivity index (χ4n) is 4.20. The van der Waals surface area contributed by atoms with Gasteiger partial charge in [0.25, 0.3) is 5.91 Å². The maximum absolute atomic E-state index is 12.9. The van der Waals surface area contributed by atoms with Gasteiger partial charge >= 0.3 is 0 Å². The summed E-state index contributed by atoms with van der Waals surface area (Å²) in [6.45, 7) is 4.94. The van der Waals surface area contributed by atoms with Gasteiger partial charge in [-0.25, -0.2) is 0 Å². The van der Waals surface area contributed by atoms with Crippen molar-refractivity contribution in [2.75, 3.05) is 49.1 Å².